The predicted molar refractivity (Wildman–Crippen MR) is 82.8 cm³/mol. The molecule has 23 heavy (non-hydrogen) atoms. The summed E-state index contributed by atoms with van der Waals surface area (Å²) < 4.78 is 40.8. The second-order valence-corrected chi connectivity index (χ2v) is 5.81. The van der Waals surface area contributed by atoms with Crippen LogP contribution >= 0.6 is 0 Å². The van der Waals surface area contributed by atoms with Gasteiger partial charge in [-0.15, -0.1) is 0 Å². The van der Waals surface area contributed by atoms with Gasteiger partial charge in [-0.2, -0.15) is 13.2 Å². The molecule has 4 nitrogen and oxygen atoms in total. The van der Waals surface area contributed by atoms with Crippen LogP contribution in [-0.2, 0) is 17.9 Å². The Labute approximate surface area is 133 Å². The van der Waals surface area contributed by atoms with Crippen LogP contribution in [0.15, 0.2) is 29.3 Å². The highest BCUT2D eigenvalue weighted by molar-refractivity contribution is 5.77. The third-order valence-corrected chi connectivity index (χ3v) is 3.75. The number of halogens is 3. The highest BCUT2D eigenvalue weighted by Gasteiger charge is 2.27. The van der Waals surface area contributed by atoms with Gasteiger partial charge in [0, 0.05) is 6.54 Å². The van der Waals surface area contributed by atoms with Crippen LogP contribution in [0.3, 0.4) is 0 Å². The molecule has 7 heteroatoms. The molecule has 1 fully saturated rings. The van der Waals surface area contributed by atoms with E-state index in [9.17, 15) is 13.2 Å². The maximum absolute atomic E-state index is 12.0. The molecule has 1 aliphatic rings. The van der Waals surface area contributed by atoms with Gasteiger partial charge in [0.05, 0.1) is 13.2 Å². The van der Waals surface area contributed by atoms with Gasteiger partial charge >= 0.3 is 6.18 Å². The van der Waals surface area contributed by atoms with E-state index in [2.05, 4.69) is 15.0 Å². The number of nitrogens with one attached hydrogen (secondary N) is 1. The van der Waals surface area contributed by atoms with E-state index in [1.54, 1.807) is 18.2 Å². The Morgan fingerprint density at radius 2 is 2.04 bits per heavy atom. The lowest BCUT2D eigenvalue weighted by Crippen LogP contribution is -2.37. The first-order chi connectivity index (χ1) is 10.9. The molecule has 0 unspecified atom stereocenters. The monoisotopic (exact) mass is 329 g/mol. The lowest BCUT2D eigenvalue weighted by atomic mass is 9.85. The molecular weight excluding hydrogens is 307 g/mol. The molecule has 1 aromatic carbocycles. The van der Waals surface area contributed by atoms with Crippen molar-refractivity contribution in [2.75, 3.05) is 13.2 Å². The Kier molecular flexibility index (Phi) is 6.27. The standard InChI is InChI=1S/C16H22F3N3O/c17-16(18,19)11-23-10-14-6-2-5-13(7-14)9-22-15(20)21-8-12-3-1-4-12/h2,5-7,12H,1,3-4,8-11H2,(H3,20,21,22). The van der Waals surface area contributed by atoms with E-state index in [1.165, 1.54) is 19.3 Å². The van der Waals surface area contributed by atoms with E-state index < -0.39 is 12.8 Å². The molecule has 1 aromatic rings. The number of guanidine groups is 1. The van der Waals surface area contributed by atoms with Crippen LogP contribution in [0.5, 0.6) is 0 Å². The van der Waals surface area contributed by atoms with Gasteiger partial charge in [-0.05, 0) is 29.9 Å². The number of alkyl halides is 3. The van der Waals surface area contributed by atoms with Crippen molar-refractivity contribution < 1.29 is 17.9 Å². The van der Waals surface area contributed by atoms with Crippen LogP contribution in [0.4, 0.5) is 13.2 Å². The number of hydrogen-bond donors (Lipinski definition) is 2. The van der Waals surface area contributed by atoms with E-state index in [0.29, 0.717) is 24.0 Å². The maximum atomic E-state index is 12.0. The summed E-state index contributed by atoms with van der Waals surface area (Å²) >= 11 is 0. The largest absolute Gasteiger partial charge is 0.411 e. The van der Waals surface area contributed by atoms with E-state index in [1.807, 2.05) is 6.07 Å². The molecule has 128 valence electrons. The number of aliphatic imine (C=N–C) groups is 1. The smallest absolute Gasteiger partial charge is 0.370 e. The first-order valence-electron chi connectivity index (χ1n) is 7.68. The summed E-state index contributed by atoms with van der Waals surface area (Å²) in [6.45, 7) is -0.0862. The van der Waals surface area contributed by atoms with Gasteiger partial charge in [0.2, 0.25) is 0 Å². The minimum atomic E-state index is -4.30. The van der Waals surface area contributed by atoms with E-state index in [-0.39, 0.29) is 6.61 Å². The van der Waals surface area contributed by atoms with Gasteiger partial charge in [0.25, 0.3) is 0 Å². The lowest BCUT2D eigenvalue weighted by Gasteiger charge is -2.25. The summed E-state index contributed by atoms with van der Waals surface area (Å²) in [7, 11) is 0. The fourth-order valence-corrected chi connectivity index (χ4v) is 2.28. The van der Waals surface area contributed by atoms with Gasteiger partial charge in [0.1, 0.15) is 6.61 Å². The Morgan fingerprint density at radius 1 is 1.30 bits per heavy atom. The van der Waals surface area contributed by atoms with Gasteiger partial charge in [0.15, 0.2) is 5.96 Å². The summed E-state index contributed by atoms with van der Waals surface area (Å²) in [6, 6.07) is 7.13. The molecule has 3 N–H and O–H groups in total. The summed E-state index contributed by atoms with van der Waals surface area (Å²) in [5.41, 5.74) is 7.37. The van der Waals surface area contributed by atoms with Crippen molar-refractivity contribution in [3.8, 4) is 0 Å². The van der Waals surface area contributed by atoms with Crippen molar-refractivity contribution in [2.24, 2.45) is 16.6 Å². The lowest BCUT2D eigenvalue weighted by molar-refractivity contribution is -0.176. The summed E-state index contributed by atoms with van der Waals surface area (Å²) in [5.74, 6) is 1.09. The van der Waals surface area contributed by atoms with Gasteiger partial charge in [-0.3, -0.25) is 0 Å². The summed E-state index contributed by atoms with van der Waals surface area (Å²) in [4.78, 5) is 4.25. The number of benzene rings is 1. The van der Waals surface area contributed by atoms with Crippen molar-refractivity contribution in [3.05, 3.63) is 35.4 Å². The number of nitrogens with two attached hydrogens (primary N) is 1. The quantitative estimate of drug-likeness (QED) is 0.597. The zero-order valence-electron chi connectivity index (χ0n) is 12.9. The van der Waals surface area contributed by atoms with Gasteiger partial charge in [-0.25, -0.2) is 4.99 Å². The van der Waals surface area contributed by atoms with Gasteiger partial charge < -0.3 is 15.8 Å². The molecule has 1 aliphatic carbocycles. The zero-order valence-corrected chi connectivity index (χ0v) is 12.9. The fourth-order valence-electron chi connectivity index (χ4n) is 2.28. The van der Waals surface area contributed by atoms with Crippen LogP contribution in [0, 0.1) is 5.92 Å². The van der Waals surface area contributed by atoms with Crippen LogP contribution < -0.4 is 11.1 Å². The average molecular weight is 329 g/mol. The molecular formula is C16H22F3N3O. The van der Waals surface area contributed by atoms with Crippen molar-refractivity contribution >= 4 is 5.96 Å². The number of ether oxygens (including phenoxy) is 1. The third-order valence-electron chi connectivity index (χ3n) is 3.75. The molecule has 1 saturated carbocycles. The molecule has 0 saturated heterocycles. The Balaban J connectivity index is 1.77. The van der Waals surface area contributed by atoms with Crippen LogP contribution in [0.2, 0.25) is 0 Å². The number of nitrogens with zero attached hydrogens (tertiary/aromatic N) is 1. The third kappa shape index (κ3) is 6.90. The Hall–Kier alpha value is -1.76. The van der Waals surface area contributed by atoms with Crippen molar-refractivity contribution in [3.63, 3.8) is 0 Å². The summed E-state index contributed by atoms with van der Waals surface area (Å²) in [6.07, 6.45) is -0.546. The molecule has 0 heterocycles. The Bertz CT molecular complexity index is 528. The molecule has 0 aliphatic heterocycles. The first-order valence-corrected chi connectivity index (χ1v) is 7.68. The zero-order chi connectivity index (χ0) is 16.7. The van der Waals surface area contributed by atoms with Crippen molar-refractivity contribution in [1.82, 2.24) is 5.32 Å². The molecule has 0 atom stereocenters. The second-order valence-electron chi connectivity index (χ2n) is 5.81. The van der Waals surface area contributed by atoms with E-state index in [4.69, 9.17) is 5.73 Å². The minimum absolute atomic E-state index is 0.0769. The number of hydrogen-bond acceptors (Lipinski definition) is 2. The van der Waals surface area contributed by atoms with Crippen LogP contribution in [-0.4, -0.2) is 25.3 Å². The van der Waals surface area contributed by atoms with Crippen molar-refractivity contribution in [1.29, 1.82) is 0 Å². The Morgan fingerprint density at radius 3 is 2.70 bits per heavy atom. The predicted octanol–water partition coefficient (Wildman–Crippen LogP) is 2.97. The molecule has 0 amide bonds. The minimum Gasteiger partial charge on any atom is -0.370 e. The SMILES string of the molecule is NC(=NCc1cccc(COCC(F)(F)F)c1)NCC1CCC1. The van der Waals surface area contributed by atoms with Crippen molar-refractivity contribution in [2.45, 2.75) is 38.6 Å². The number of rotatable bonds is 7. The molecule has 0 aromatic heterocycles. The van der Waals surface area contributed by atoms with E-state index >= 15 is 0 Å². The molecule has 0 radical (unpaired) electrons. The normalized spacial score (nSPS) is 16.2. The maximum Gasteiger partial charge on any atom is 0.411 e. The first kappa shape index (κ1) is 17.6. The topological polar surface area (TPSA) is 59.6 Å². The van der Waals surface area contributed by atoms with E-state index in [0.717, 1.165) is 12.1 Å². The molecule has 0 bridgehead atoms. The second kappa shape index (κ2) is 8.19. The van der Waals surface area contributed by atoms with Crippen LogP contribution in [0.25, 0.3) is 0 Å². The van der Waals surface area contributed by atoms with Crippen LogP contribution in [0.1, 0.15) is 30.4 Å². The molecule has 2 rings (SSSR count). The van der Waals surface area contributed by atoms with Gasteiger partial charge in [-0.1, -0.05) is 30.7 Å². The summed E-state index contributed by atoms with van der Waals surface area (Å²) in [5, 5.41) is 3.10. The average Bonchev–Trinajstić information content (AvgIpc) is 2.42. The fraction of sp³-hybridized carbons (Fsp3) is 0.562. The highest BCUT2D eigenvalue weighted by Crippen LogP contribution is 2.25. The molecule has 0 spiro atoms. The highest BCUT2D eigenvalue weighted by atomic mass is 19.4.